The number of hydrogen-bond donors (Lipinski definition) is 1. The smallest absolute Gasteiger partial charge is 0.258 e. The standard InChI is InChI=1S/C20H21N3O4/c1-14-22-23-20(27-14)16(12-15-8-4-3-5-9-15)21-19(24)13-26-18-11-7-6-10-17(18)25-2/h3-11,16H,12-13H2,1-2H3,(H,21,24). The molecule has 1 heterocycles. The highest BCUT2D eigenvalue weighted by molar-refractivity contribution is 5.78. The lowest BCUT2D eigenvalue weighted by Crippen LogP contribution is -2.34. The minimum Gasteiger partial charge on any atom is -0.493 e. The molecule has 1 N–H and O–H groups in total. The number of carbonyl (C=O) groups is 1. The average molecular weight is 367 g/mol. The predicted octanol–water partition coefficient (Wildman–Crippen LogP) is 2.87. The summed E-state index contributed by atoms with van der Waals surface area (Å²) in [5.41, 5.74) is 1.05. The van der Waals surface area contributed by atoms with Gasteiger partial charge in [0.05, 0.1) is 7.11 Å². The van der Waals surface area contributed by atoms with Crippen LogP contribution in [0.2, 0.25) is 0 Å². The molecule has 0 radical (unpaired) electrons. The van der Waals surface area contributed by atoms with Gasteiger partial charge < -0.3 is 19.2 Å². The molecule has 0 saturated carbocycles. The first kappa shape index (κ1) is 18.4. The quantitative estimate of drug-likeness (QED) is 0.659. The van der Waals surface area contributed by atoms with Crippen LogP contribution in [0, 0.1) is 6.92 Å². The molecule has 140 valence electrons. The van der Waals surface area contributed by atoms with E-state index in [-0.39, 0.29) is 12.5 Å². The molecule has 1 aromatic heterocycles. The van der Waals surface area contributed by atoms with Crippen molar-refractivity contribution in [1.82, 2.24) is 15.5 Å². The Hall–Kier alpha value is -3.35. The number of aromatic nitrogens is 2. The summed E-state index contributed by atoms with van der Waals surface area (Å²) < 4.78 is 16.3. The van der Waals surface area contributed by atoms with Crippen molar-refractivity contribution in [2.75, 3.05) is 13.7 Å². The summed E-state index contributed by atoms with van der Waals surface area (Å²) in [4.78, 5) is 12.4. The highest BCUT2D eigenvalue weighted by Crippen LogP contribution is 2.25. The Labute approximate surface area is 157 Å². The third kappa shape index (κ3) is 5.07. The highest BCUT2D eigenvalue weighted by Gasteiger charge is 2.21. The number of nitrogens with one attached hydrogen (secondary N) is 1. The first-order valence-corrected chi connectivity index (χ1v) is 8.55. The normalized spacial score (nSPS) is 11.6. The van der Waals surface area contributed by atoms with Gasteiger partial charge in [0.2, 0.25) is 11.8 Å². The van der Waals surface area contributed by atoms with Crippen LogP contribution in [-0.4, -0.2) is 29.8 Å². The molecule has 3 rings (SSSR count). The Morgan fingerprint density at radius 1 is 1.07 bits per heavy atom. The molecule has 1 unspecified atom stereocenters. The lowest BCUT2D eigenvalue weighted by Gasteiger charge is -2.16. The van der Waals surface area contributed by atoms with Gasteiger partial charge in [0, 0.05) is 13.3 Å². The van der Waals surface area contributed by atoms with E-state index in [0.717, 1.165) is 5.56 Å². The van der Waals surface area contributed by atoms with Crippen LogP contribution in [0.15, 0.2) is 59.0 Å². The zero-order valence-corrected chi connectivity index (χ0v) is 15.2. The topological polar surface area (TPSA) is 86.5 Å². The first-order chi connectivity index (χ1) is 13.2. The molecular weight excluding hydrogens is 346 g/mol. The minimum atomic E-state index is -0.442. The van der Waals surface area contributed by atoms with E-state index in [4.69, 9.17) is 13.9 Å². The molecule has 2 aromatic carbocycles. The number of carbonyl (C=O) groups excluding carboxylic acids is 1. The number of hydrogen-bond acceptors (Lipinski definition) is 6. The molecule has 27 heavy (non-hydrogen) atoms. The summed E-state index contributed by atoms with van der Waals surface area (Å²) in [5, 5.41) is 10.8. The van der Waals surface area contributed by atoms with E-state index in [9.17, 15) is 4.79 Å². The minimum absolute atomic E-state index is 0.154. The fraction of sp³-hybridized carbons (Fsp3) is 0.250. The molecule has 0 saturated heterocycles. The third-order valence-corrected chi connectivity index (χ3v) is 3.89. The van der Waals surface area contributed by atoms with E-state index >= 15 is 0 Å². The number of aryl methyl sites for hydroxylation is 1. The van der Waals surface area contributed by atoms with Crippen LogP contribution in [-0.2, 0) is 11.2 Å². The lowest BCUT2D eigenvalue weighted by molar-refractivity contribution is -0.124. The summed E-state index contributed by atoms with van der Waals surface area (Å²) in [6.07, 6.45) is 0.531. The Morgan fingerprint density at radius 2 is 1.78 bits per heavy atom. The number of ether oxygens (including phenoxy) is 2. The van der Waals surface area contributed by atoms with E-state index in [2.05, 4.69) is 15.5 Å². The van der Waals surface area contributed by atoms with Gasteiger partial charge in [-0.3, -0.25) is 4.79 Å². The molecule has 0 spiro atoms. The zero-order valence-electron chi connectivity index (χ0n) is 15.2. The molecule has 0 aliphatic heterocycles. The Balaban J connectivity index is 1.67. The first-order valence-electron chi connectivity index (χ1n) is 8.55. The fourth-order valence-electron chi connectivity index (χ4n) is 2.62. The molecule has 3 aromatic rings. The van der Waals surface area contributed by atoms with Crippen LogP contribution in [0.1, 0.15) is 23.4 Å². The largest absolute Gasteiger partial charge is 0.493 e. The lowest BCUT2D eigenvalue weighted by atomic mass is 10.1. The van der Waals surface area contributed by atoms with Gasteiger partial charge in [-0.25, -0.2) is 0 Å². The number of nitrogens with zero attached hydrogens (tertiary/aromatic N) is 2. The molecule has 1 atom stereocenters. The van der Waals surface area contributed by atoms with Crippen molar-refractivity contribution in [3.8, 4) is 11.5 Å². The van der Waals surface area contributed by atoms with E-state index < -0.39 is 6.04 Å². The second kappa shape index (κ2) is 8.84. The van der Waals surface area contributed by atoms with Crippen molar-refractivity contribution < 1.29 is 18.7 Å². The van der Waals surface area contributed by atoms with Gasteiger partial charge in [-0.1, -0.05) is 42.5 Å². The zero-order chi connectivity index (χ0) is 19.1. The molecule has 7 nitrogen and oxygen atoms in total. The molecule has 0 fully saturated rings. The van der Waals surface area contributed by atoms with E-state index in [1.165, 1.54) is 0 Å². The Kier molecular flexibility index (Phi) is 6.04. The highest BCUT2D eigenvalue weighted by atomic mass is 16.5. The van der Waals surface area contributed by atoms with E-state index in [1.807, 2.05) is 42.5 Å². The van der Waals surface area contributed by atoms with Crippen molar-refractivity contribution in [3.63, 3.8) is 0 Å². The summed E-state index contributed by atoms with van der Waals surface area (Å²) in [6, 6.07) is 16.5. The van der Waals surface area contributed by atoms with Crippen LogP contribution in [0.25, 0.3) is 0 Å². The summed E-state index contributed by atoms with van der Waals surface area (Å²) >= 11 is 0. The van der Waals surface area contributed by atoms with Crippen LogP contribution in [0.3, 0.4) is 0 Å². The van der Waals surface area contributed by atoms with Crippen molar-refractivity contribution in [3.05, 3.63) is 71.9 Å². The summed E-state index contributed by atoms with van der Waals surface area (Å²) in [7, 11) is 1.55. The average Bonchev–Trinajstić information content (AvgIpc) is 3.13. The van der Waals surface area contributed by atoms with Crippen LogP contribution in [0.5, 0.6) is 11.5 Å². The fourth-order valence-corrected chi connectivity index (χ4v) is 2.62. The van der Waals surface area contributed by atoms with Gasteiger partial charge in [0.25, 0.3) is 5.91 Å². The number of amides is 1. The number of benzene rings is 2. The van der Waals surface area contributed by atoms with E-state index in [0.29, 0.717) is 29.7 Å². The SMILES string of the molecule is COc1ccccc1OCC(=O)NC(Cc1ccccc1)c1nnc(C)o1. The van der Waals surface area contributed by atoms with Crippen molar-refractivity contribution >= 4 is 5.91 Å². The maximum absolute atomic E-state index is 12.4. The number of para-hydroxylation sites is 2. The number of methoxy groups -OCH3 is 1. The van der Waals surface area contributed by atoms with E-state index in [1.54, 1.807) is 26.2 Å². The van der Waals surface area contributed by atoms with Crippen LogP contribution < -0.4 is 14.8 Å². The van der Waals surface area contributed by atoms with Crippen LogP contribution in [0.4, 0.5) is 0 Å². The molecule has 0 bridgehead atoms. The molecule has 1 amide bonds. The van der Waals surface area contributed by atoms with Gasteiger partial charge in [-0.05, 0) is 17.7 Å². The van der Waals surface area contributed by atoms with Crippen molar-refractivity contribution in [1.29, 1.82) is 0 Å². The predicted molar refractivity (Wildman–Crippen MR) is 98.6 cm³/mol. The Morgan fingerprint density at radius 3 is 2.44 bits per heavy atom. The van der Waals surface area contributed by atoms with Gasteiger partial charge >= 0.3 is 0 Å². The second-order valence-corrected chi connectivity index (χ2v) is 5.91. The maximum Gasteiger partial charge on any atom is 0.258 e. The third-order valence-electron chi connectivity index (χ3n) is 3.89. The monoisotopic (exact) mass is 367 g/mol. The van der Waals surface area contributed by atoms with Crippen molar-refractivity contribution in [2.24, 2.45) is 0 Å². The van der Waals surface area contributed by atoms with Gasteiger partial charge in [-0.2, -0.15) is 0 Å². The van der Waals surface area contributed by atoms with Gasteiger partial charge in [0.15, 0.2) is 18.1 Å². The molecular formula is C20H21N3O4. The second-order valence-electron chi connectivity index (χ2n) is 5.91. The summed E-state index contributed by atoms with van der Waals surface area (Å²) in [6.45, 7) is 1.56. The van der Waals surface area contributed by atoms with Crippen LogP contribution >= 0.6 is 0 Å². The maximum atomic E-state index is 12.4. The molecule has 0 aliphatic carbocycles. The number of rotatable bonds is 8. The molecule has 0 aliphatic rings. The van der Waals surface area contributed by atoms with Crippen molar-refractivity contribution in [2.45, 2.75) is 19.4 Å². The summed E-state index contributed by atoms with van der Waals surface area (Å²) in [5.74, 6) is 1.59. The molecule has 7 heteroatoms. The Bertz CT molecular complexity index is 880. The van der Waals surface area contributed by atoms with Gasteiger partial charge in [0.1, 0.15) is 6.04 Å². The van der Waals surface area contributed by atoms with Gasteiger partial charge in [-0.15, -0.1) is 10.2 Å².